The zero-order chi connectivity index (χ0) is 15.7. The van der Waals surface area contributed by atoms with Gasteiger partial charge in [0.15, 0.2) is 0 Å². The lowest BCUT2D eigenvalue weighted by Gasteiger charge is -2.12. The van der Waals surface area contributed by atoms with E-state index in [-0.39, 0.29) is 11.0 Å². The molecular formula is C18H12ClF2N. The van der Waals surface area contributed by atoms with Gasteiger partial charge in [0, 0.05) is 27.9 Å². The van der Waals surface area contributed by atoms with Crippen LogP contribution in [0.1, 0.15) is 5.69 Å². The fourth-order valence-corrected chi connectivity index (χ4v) is 2.68. The molecule has 0 aliphatic carbocycles. The normalized spacial score (nSPS) is 10.7. The summed E-state index contributed by atoms with van der Waals surface area (Å²) in [5.41, 5.74) is 2.40. The number of nitrogens with zero attached hydrogens (tertiary/aromatic N) is 1. The summed E-state index contributed by atoms with van der Waals surface area (Å²) in [5.74, 6) is -0.747. The Balaban J connectivity index is 2.25. The Morgan fingerprint density at radius 2 is 1.27 bits per heavy atom. The van der Waals surface area contributed by atoms with Gasteiger partial charge < -0.3 is 0 Å². The predicted octanol–water partition coefficient (Wildman–Crippen LogP) is 5.66. The van der Waals surface area contributed by atoms with E-state index in [0.717, 1.165) is 0 Å². The lowest BCUT2D eigenvalue weighted by atomic mass is 9.99. The lowest BCUT2D eigenvalue weighted by molar-refractivity contribution is 0.631. The highest BCUT2D eigenvalue weighted by Crippen LogP contribution is 2.34. The first-order valence-electron chi connectivity index (χ1n) is 6.75. The van der Waals surface area contributed by atoms with Crippen LogP contribution in [0.3, 0.4) is 0 Å². The molecule has 0 N–H and O–H groups in total. The van der Waals surface area contributed by atoms with Crippen molar-refractivity contribution in [1.82, 2.24) is 4.98 Å². The minimum Gasteiger partial charge on any atom is -0.240 e. The van der Waals surface area contributed by atoms with E-state index in [1.165, 1.54) is 12.1 Å². The second-order valence-corrected chi connectivity index (χ2v) is 5.28. The number of hydrogen-bond donors (Lipinski definition) is 0. The molecule has 1 heterocycles. The molecule has 0 spiro atoms. The van der Waals surface area contributed by atoms with Crippen molar-refractivity contribution in [2.45, 2.75) is 6.92 Å². The molecule has 0 saturated heterocycles. The summed E-state index contributed by atoms with van der Waals surface area (Å²) in [6.07, 6.45) is 0. The summed E-state index contributed by atoms with van der Waals surface area (Å²) in [6.45, 7) is 1.75. The van der Waals surface area contributed by atoms with Crippen LogP contribution >= 0.6 is 11.6 Å². The maximum absolute atomic E-state index is 14.0. The van der Waals surface area contributed by atoms with Crippen molar-refractivity contribution in [3.05, 3.63) is 77.1 Å². The lowest BCUT2D eigenvalue weighted by Crippen LogP contribution is -1.95. The van der Waals surface area contributed by atoms with Crippen molar-refractivity contribution in [2.24, 2.45) is 0 Å². The van der Waals surface area contributed by atoms with Crippen LogP contribution in [0.25, 0.3) is 22.3 Å². The van der Waals surface area contributed by atoms with Crippen LogP contribution in [0, 0.1) is 18.6 Å². The summed E-state index contributed by atoms with van der Waals surface area (Å²) in [6, 6.07) is 14.4. The summed E-state index contributed by atoms with van der Waals surface area (Å²) in [5, 5.41) is 0.197. The summed E-state index contributed by atoms with van der Waals surface area (Å²) < 4.78 is 28.0. The van der Waals surface area contributed by atoms with Gasteiger partial charge in [-0.2, -0.15) is 0 Å². The van der Waals surface area contributed by atoms with Gasteiger partial charge in [0.1, 0.15) is 16.8 Å². The Kier molecular flexibility index (Phi) is 3.90. The molecule has 110 valence electrons. The van der Waals surface area contributed by atoms with Gasteiger partial charge in [0.05, 0.1) is 0 Å². The van der Waals surface area contributed by atoms with Crippen LogP contribution in [-0.2, 0) is 0 Å². The van der Waals surface area contributed by atoms with E-state index in [2.05, 4.69) is 4.98 Å². The number of pyridine rings is 1. The topological polar surface area (TPSA) is 12.9 Å². The molecule has 0 amide bonds. The third-order valence-electron chi connectivity index (χ3n) is 3.49. The molecule has 0 unspecified atom stereocenters. The number of halogens is 3. The highest BCUT2D eigenvalue weighted by molar-refractivity contribution is 6.32. The van der Waals surface area contributed by atoms with Crippen LogP contribution in [0.4, 0.5) is 8.78 Å². The molecule has 4 heteroatoms. The monoisotopic (exact) mass is 315 g/mol. The maximum atomic E-state index is 14.0. The van der Waals surface area contributed by atoms with Gasteiger partial charge in [-0.05, 0) is 25.1 Å². The summed E-state index contributed by atoms with van der Waals surface area (Å²) in [7, 11) is 0. The largest absolute Gasteiger partial charge is 0.240 e. The molecule has 0 fully saturated rings. The van der Waals surface area contributed by atoms with Gasteiger partial charge in [-0.3, -0.25) is 0 Å². The fraction of sp³-hybridized carbons (Fsp3) is 0.0556. The Morgan fingerprint density at radius 1 is 0.773 bits per heavy atom. The fourth-order valence-electron chi connectivity index (χ4n) is 2.40. The van der Waals surface area contributed by atoms with Gasteiger partial charge in [0.25, 0.3) is 0 Å². The third-order valence-corrected chi connectivity index (χ3v) is 3.78. The number of benzene rings is 2. The van der Waals surface area contributed by atoms with E-state index < -0.39 is 5.82 Å². The smallest absolute Gasteiger partial charge is 0.137 e. The summed E-state index contributed by atoms with van der Waals surface area (Å²) >= 11 is 6.16. The van der Waals surface area contributed by atoms with E-state index >= 15 is 0 Å². The van der Waals surface area contributed by atoms with Gasteiger partial charge in [-0.1, -0.05) is 48.0 Å². The maximum Gasteiger partial charge on any atom is 0.137 e. The number of aromatic nitrogens is 1. The van der Waals surface area contributed by atoms with Crippen LogP contribution in [-0.4, -0.2) is 4.98 Å². The van der Waals surface area contributed by atoms with E-state index in [0.29, 0.717) is 27.9 Å². The van der Waals surface area contributed by atoms with E-state index in [1.54, 1.807) is 49.4 Å². The second-order valence-electron chi connectivity index (χ2n) is 4.92. The Labute approximate surface area is 132 Å². The van der Waals surface area contributed by atoms with E-state index in [4.69, 9.17) is 11.6 Å². The second kappa shape index (κ2) is 5.85. The van der Waals surface area contributed by atoms with Gasteiger partial charge >= 0.3 is 0 Å². The first-order valence-corrected chi connectivity index (χ1v) is 7.12. The van der Waals surface area contributed by atoms with Gasteiger partial charge in [-0.15, -0.1) is 0 Å². The molecule has 0 aliphatic rings. The average Bonchev–Trinajstić information content (AvgIpc) is 2.50. The van der Waals surface area contributed by atoms with Gasteiger partial charge in [-0.25, -0.2) is 13.8 Å². The molecule has 22 heavy (non-hydrogen) atoms. The van der Waals surface area contributed by atoms with E-state index in [1.807, 2.05) is 0 Å². The number of aryl methyl sites for hydroxylation is 1. The number of hydrogen-bond acceptors (Lipinski definition) is 1. The molecule has 1 aromatic heterocycles. The van der Waals surface area contributed by atoms with E-state index in [9.17, 15) is 8.78 Å². The van der Waals surface area contributed by atoms with Crippen LogP contribution in [0.15, 0.2) is 54.6 Å². The van der Waals surface area contributed by atoms with Crippen molar-refractivity contribution in [2.75, 3.05) is 0 Å². The molecule has 1 nitrogen and oxygen atoms in total. The first kappa shape index (κ1) is 14.7. The van der Waals surface area contributed by atoms with Crippen molar-refractivity contribution < 1.29 is 8.78 Å². The zero-order valence-corrected chi connectivity index (χ0v) is 12.5. The highest BCUT2D eigenvalue weighted by atomic mass is 35.5. The molecular weight excluding hydrogens is 304 g/mol. The minimum atomic E-state index is -0.394. The molecule has 2 aromatic carbocycles. The SMILES string of the molecule is Cc1nc(Cl)c(-c2ccccc2F)cc1-c1ccccc1F. The van der Waals surface area contributed by atoms with Crippen LogP contribution < -0.4 is 0 Å². The Bertz CT molecular complexity index is 779. The molecule has 0 saturated carbocycles. The molecule has 3 aromatic rings. The third kappa shape index (κ3) is 2.60. The van der Waals surface area contributed by atoms with Gasteiger partial charge in [0.2, 0.25) is 0 Å². The Hall–Kier alpha value is -2.26. The first-order chi connectivity index (χ1) is 10.6. The molecule has 0 bridgehead atoms. The van der Waals surface area contributed by atoms with Crippen molar-refractivity contribution >= 4 is 11.6 Å². The summed E-state index contributed by atoms with van der Waals surface area (Å²) in [4.78, 5) is 4.24. The Morgan fingerprint density at radius 3 is 1.82 bits per heavy atom. The molecule has 0 atom stereocenters. The van der Waals surface area contributed by atoms with Crippen LogP contribution in [0.5, 0.6) is 0 Å². The molecule has 3 rings (SSSR count). The standard InChI is InChI=1S/C18H12ClF2N/c1-11-14(12-6-2-4-8-16(12)20)10-15(18(19)22-11)13-7-3-5-9-17(13)21/h2-10H,1H3. The molecule has 0 aliphatic heterocycles. The van der Waals surface area contributed by atoms with Crippen LogP contribution in [0.2, 0.25) is 5.15 Å². The number of rotatable bonds is 2. The van der Waals surface area contributed by atoms with Crippen molar-refractivity contribution in [3.8, 4) is 22.3 Å². The molecule has 0 radical (unpaired) electrons. The van der Waals surface area contributed by atoms with Crippen molar-refractivity contribution in [3.63, 3.8) is 0 Å². The minimum absolute atomic E-state index is 0.197. The zero-order valence-electron chi connectivity index (χ0n) is 11.8. The highest BCUT2D eigenvalue weighted by Gasteiger charge is 2.15. The quantitative estimate of drug-likeness (QED) is 0.556. The average molecular weight is 316 g/mol. The predicted molar refractivity (Wildman–Crippen MR) is 84.8 cm³/mol. The van der Waals surface area contributed by atoms with Crippen molar-refractivity contribution in [1.29, 1.82) is 0 Å².